The molecule has 148 valence electrons. The Bertz CT molecular complexity index is 908. The number of aryl methyl sites for hydroxylation is 1. The van der Waals surface area contributed by atoms with Gasteiger partial charge in [0, 0.05) is 23.4 Å². The highest BCUT2D eigenvalue weighted by atomic mass is 35.5. The van der Waals surface area contributed by atoms with Crippen LogP contribution in [-0.4, -0.2) is 22.5 Å². The van der Waals surface area contributed by atoms with E-state index in [2.05, 4.69) is 15.6 Å². The lowest BCUT2D eigenvalue weighted by molar-refractivity contribution is -0.119. The monoisotopic (exact) mass is 400 g/mol. The average molecular weight is 401 g/mol. The van der Waals surface area contributed by atoms with Gasteiger partial charge in [0.15, 0.2) is 0 Å². The number of pyridine rings is 1. The van der Waals surface area contributed by atoms with Crippen LogP contribution in [0.25, 0.3) is 0 Å². The van der Waals surface area contributed by atoms with Crippen molar-refractivity contribution in [2.75, 3.05) is 10.2 Å². The number of fused-ring (bicyclic) bond motifs is 1. The summed E-state index contributed by atoms with van der Waals surface area (Å²) in [4.78, 5) is 31.1. The Morgan fingerprint density at radius 1 is 1.21 bits per heavy atom. The summed E-state index contributed by atoms with van der Waals surface area (Å²) in [5.74, 6) is 0.512. The second-order valence-electron chi connectivity index (χ2n) is 7.99. The molecule has 1 aromatic carbocycles. The number of halogens is 1. The molecule has 7 heteroatoms. The molecule has 0 unspecified atom stereocenters. The largest absolute Gasteiger partial charge is 0.333 e. The van der Waals surface area contributed by atoms with E-state index in [4.69, 9.17) is 11.6 Å². The van der Waals surface area contributed by atoms with Crippen LogP contribution in [0.4, 0.5) is 16.3 Å². The van der Waals surface area contributed by atoms with Gasteiger partial charge in [-0.2, -0.15) is 0 Å². The minimum absolute atomic E-state index is 0.0490. The van der Waals surface area contributed by atoms with Crippen LogP contribution in [0.2, 0.25) is 5.02 Å². The maximum absolute atomic E-state index is 12.7. The lowest BCUT2D eigenvalue weighted by Crippen LogP contribution is -2.43. The van der Waals surface area contributed by atoms with E-state index in [1.165, 1.54) is 0 Å². The molecule has 0 saturated carbocycles. The number of carbonyl (C=O) groups excluding carboxylic acids is 2. The number of nitrogens with one attached hydrogen (secondary N) is 2. The average Bonchev–Trinajstić information content (AvgIpc) is 2.59. The summed E-state index contributed by atoms with van der Waals surface area (Å²) in [6.45, 7) is 7.70. The summed E-state index contributed by atoms with van der Waals surface area (Å²) >= 11 is 6.12. The maximum Gasteiger partial charge on any atom is 0.320 e. The van der Waals surface area contributed by atoms with E-state index in [-0.39, 0.29) is 23.5 Å². The number of benzene rings is 1. The van der Waals surface area contributed by atoms with Crippen LogP contribution >= 0.6 is 11.6 Å². The molecule has 6 nitrogen and oxygen atoms in total. The number of urea groups is 1. The number of amides is 3. The SMILES string of the molecule is C[C@H](c1cccc(Cl)c1)N1C(=O)CCc2nc(NC(=O)NC(C)(C)C)ccc21. The molecular weight excluding hydrogens is 376 g/mol. The van der Waals surface area contributed by atoms with Gasteiger partial charge in [-0.15, -0.1) is 0 Å². The Kier molecular flexibility index (Phi) is 5.61. The summed E-state index contributed by atoms with van der Waals surface area (Å²) in [6, 6.07) is 10.6. The minimum Gasteiger partial charge on any atom is -0.333 e. The quantitative estimate of drug-likeness (QED) is 0.784. The van der Waals surface area contributed by atoms with Gasteiger partial charge in [0.1, 0.15) is 5.82 Å². The molecule has 3 rings (SSSR count). The lowest BCUT2D eigenvalue weighted by Gasteiger charge is -2.34. The zero-order chi connectivity index (χ0) is 20.5. The highest BCUT2D eigenvalue weighted by Crippen LogP contribution is 2.35. The van der Waals surface area contributed by atoms with Crippen LogP contribution in [0, 0.1) is 0 Å². The first-order valence-corrected chi connectivity index (χ1v) is 9.68. The molecule has 0 radical (unpaired) electrons. The number of carbonyl (C=O) groups is 2. The number of rotatable bonds is 3. The fraction of sp³-hybridized carbons (Fsp3) is 0.381. The van der Waals surface area contributed by atoms with Gasteiger partial charge in [0.25, 0.3) is 0 Å². The fourth-order valence-electron chi connectivity index (χ4n) is 3.28. The van der Waals surface area contributed by atoms with Crippen molar-refractivity contribution in [2.45, 2.75) is 52.1 Å². The first-order chi connectivity index (χ1) is 13.1. The Labute approximate surface area is 170 Å². The number of anilines is 2. The van der Waals surface area contributed by atoms with Gasteiger partial charge in [0.05, 0.1) is 17.4 Å². The fourth-order valence-corrected chi connectivity index (χ4v) is 3.47. The summed E-state index contributed by atoms with van der Waals surface area (Å²) < 4.78 is 0. The molecule has 1 atom stereocenters. The standard InChI is InChI=1S/C21H25ClN4O2/c1-13(14-6-5-7-15(22)12-14)26-17-9-10-18(23-16(17)8-11-19(26)27)24-20(28)25-21(2,3)4/h5-7,9-10,12-13H,8,11H2,1-4H3,(H2,23,24,25,28)/t13-/m1/s1. The normalized spacial score (nSPS) is 15.0. The van der Waals surface area contributed by atoms with Gasteiger partial charge in [0.2, 0.25) is 5.91 Å². The van der Waals surface area contributed by atoms with Crippen molar-refractivity contribution in [3.63, 3.8) is 0 Å². The first kappa shape index (κ1) is 20.1. The Morgan fingerprint density at radius 3 is 2.64 bits per heavy atom. The van der Waals surface area contributed by atoms with Crippen LogP contribution in [0.15, 0.2) is 36.4 Å². The molecule has 2 heterocycles. The van der Waals surface area contributed by atoms with Gasteiger partial charge in [-0.25, -0.2) is 9.78 Å². The maximum atomic E-state index is 12.7. The van der Waals surface area contributed by atoms with Crippen molar-refractivity contribution in [2.24, 2.45) is 0 Å². The molecule has 3 amide bonds. The smallest absolute Gasteiger partial charge is 0.320 e. The van der Waals surface area contributed by atoms with Crippen molar-refractivity contribution in [1.29, 1.82) is 0 Å². The Hall–Kier alpha value is -2.60. The van der Waals surface area contributed by atoms with Crippen LogP contribution in [0.5, 0.6) is 0 Å². The molecule has 0 fully saturated rings. The van der Waals surface area contributed by atoms with Crippen molar-refractivity contribution < 1.29 is 9.59 Å². The van der Waals surface area contributed by atoms with E-state index in [1.54, 1.807) is 11.0 Å². The summed E-state index contributed by atoms with van der Waals surface area (Å²) in [5, 5.41) is 6.24. The molecule has 28 heavy (non-hydrogen) atoms. The molecule has 0 spiro atoms. The highest BCUT2D eigenvalue weighted by molar-refractivity contribution is 6.30. The molecule has 1 aliphatic rings. The van der Waals surface area contributed by atoms with Crippen LogP contribution in [-0.2, 0) is 11.2 Å². The number of nitrogens with zero attached hydrogens (tertiary/aromatic N) is 2. The summed E-state index contributed by atoms with van der Waals surface area (Å²) in [5.41, 5.74) is 2.18. The topological polar surface area (TPSA) is 74.3 Å². The molecule has 0 bridgehead atoms. The van der Waals surface area contributed by atoms with E-state index in [0.717, 1.165) is 16.9 Å². The number of aromatic nitrogens is 1. The molecule has 2 aromatic rings. The zero-order valence-electron chi connectivity index (χ0n) is 16.5. The van der Waals surface area contributed by atoms with Crippen LogP contribution < -0.4 is 15.5 Å². The molecule has 1 aliphatic heterocycles. The van der Waals surface area contributed by atoms with Gasteiger partial charge >= 0.3 is 6.03 Å². The van der Waals surface area contributed by atoms with Gasteiger partial charge in [-0.3, -0.25) is 10.1 Å². The molecule has 0 aliphatic carbocycles. The third-order valence-electron chi connectivity index (χ3n) is 4.50. The third-order valence-corrected chi connectivity index (χ3v) is 4.74. The molecule has 0 saturated heterocycles. The van der Waals surface area contributed by atoms with Crippen LogP contribution in [0.3, 0.4) is 0 Å². The number of hydrogen-bond donors (Lipinski definition) is 2. The van der Waals surface area contributed by atoms with Crippen molar-refractivity contribution in [3.8, 4) is 0 Å². The summed E-state index contributed by atoms with van der Waals surface area (Å²) in [7, 11) is 0. The molecule has 2 N–H and O–H groups in total. The Balaban J connectivity index is 1.85. The molecule has 1 aromatic heterocycles. The third kappa shape index (κ3) is 4.62. The van der Waals surface area contributed by atoms with Crippen molar-refractivity contribution in [3.05, 3.63) is 52.7 Å². The highest BCUT2D eigenvalue weighted by Gasteiger charge is 2.30. The van der Waals surface area contributed by atoms with E-state index in [9.17, 15) is 9.59 Å². The van der Waals surface area contributed by atoms with E-state index >= 15 is 0 Å². The first-order valence-electron chi connectivity index (χ1n) is 9.31. The predicted molar refractivity (Wildman–Crippen MR) is 112 cm³/mol. The summed E-state index contributed by atoms with van der Waals surface area (Å²) in [6.07, 6.45) is 0.923. The number of hydrogen-bond acceptors (Lipinski definition) is 3. The van der Waals surface area contributed by atoms with E-state index in [0.29, 0.717) is 23.7 Å². The van der Waals surface area contributed by atoms with Gasteiger partial charge < -0.3 is 10.2 Å². The van der Waals surface area contributed by atoms with Crippen LogP contribution in [0.1, 0.15) is 51.4 Å². The Morgan fingerprint density at radius 2 is 1.96 bits per heavy atom. The molecular formula is C21H25ClN4O2. The predicted octanol–water partition coefficient (Wildman–Crippen LogP) is 4.70. The van der Waals surface area contributed by atoms with Crippen molar-refractivity contribution >= 4 is 35.0 Å². The van der Waals surface area contributed by atoms with E-state index in [1.807, 2.05) is 58.0 Å². The van der Waals surface area contributed by atoms with E-state index < -0.39 is 0 Å². The lowest BCUT2D eigenvalue weighted by atomic mass is 10.0. The second kappa shape index (κ2) is 7.80. The van der Waals surface area contributed by atoms with Crippen molar-refractivity contribution in [1.82, 2.24) is 10.3 Å². The second-order valence-corrected chi connectivity index (χ2v) is 8.42. The zero-order valence-corrected chi connectivity index (χ0v) is 17.3. The minimum atomic E-state index is -0.339. The van der Waals surface area contributed by atoms with Gasteiger partial charge in [-0.05, 0) is 57.5 Å². The van der Waals surface area contributed by atoms with Gasteiger partial charge in [-0.1, -0.05) is 23.7 Å².